The molecular formula is C15H24N2. The quantitative estimate of drug-likeness (QED) is 0.516. The summed E-state index contributed by atoms with van der Waals surface area (Å²) in [6.45, 7) is 6.91. The number of rotatable bonds is 9. The highest BCUT2D eigenvalue weighted by Gasteiger charge is 2.09. The van der Waals surface area contributed by atoms with Gasteiger partial charge in [0.1, 0.15) is 0 Å². The highest BCUT2D eigenvalue weighted by atomic mass is 14.9. The molecule has 1 atom stereocenters. The van der Waals surface area contributed by atoms with E-state index in [1.807, 2.05) is 24.5 Å². The monoisotopic (exact) mass is 232 g/mol. The Labute approximate surface area is 105 Å². The highest BCUT2D eigenvalue weighted by Crippen LogP contribution is 2.19. The lowest BCUT2D eigenvalue weighted by molar-refractivity contribution is 0.482. The van der Waals surface area contributed by atoms with Crippen molar-refractivity contribution in [2.24, 2.45) is 0 Å². The number of pyridine rings is 1. The summed E-state index contributed by atoms with van der Waals surface area (Å²) in [6, 6.07) is 4.62. The molecule has 0 amide bonds. The molecule has 1 unspecified atom stereocenters. The molecule has 0 aliphatic heterocycles. The molecule has 0 aliphatic carbocycles. The van der Waals surface area contributed by atoms with Crippen molar-refractivity contribution >= 4 is 0 Å². The Balaban J connectivity index is 2.36. The molecule has 2 heteroatoms. The molecule has 94 valence electrons. The fourth-order valence-corrected chi connectivity index (χ4v) is 2.03. The number of allylic oxidation sites excluding steroid dienone is 1. The number of unbranched alkanes of at least 4 members (excludes halogenated alkanes) is 3. The third-order valence-corrected chi connectivity index (χ3v) is 2.94. The van der Waals surface area contributed by atoms with Crippen LogP contribution in [0.2, 0.25) is 0 Å². The summed E-state index contributed by atoms with van der Waals surface area (Å²) in [6.07, 6.45) is 11.9. The molecule has 1 N–H and O–H groups in total. The van der Waals surface area contributed by atoms with Gasteiger partial charge >= 0.3 is 0 Å². The maximum atomic E-state index is 4.19. The van der Waals surface area contributed by atoms with Gasteiger partial charge in [0.05, 0.1) is 0 Å². The predicted molar refractivity (Wildman–Crippen MR) is 73.9 cm³/mol. The Kier molecular flexibility index (Phi) is 7.32. The van der Waals surface area contributed by atoms with Crippen molar-refractivity contribution in [1.29, 1.82) is 0 Å². The Morgan fingerprint density at radius 2 is 2.29 bits per heavy atom. The first kappa shape index (κ1) is 13.9. The Hall–Kier alpha value is -1.15. The van der Waals surface area contributed by atoms with E-state index in [0.29, 0.717) is 6.04 Å². The molecule has 0 aromatic carbocycles. The molecule has 1 aromatic rings. The average molecular weight is 232 g/mol. The van der Waals surface area contributed by atoms with E-state index in [9.17, 15) is 0 Å². The van der Waals surface area contributed by atoms with Crippen LogP contribution < -0.4 is 5.32 Å². The molecule has 0 saturated heterocycles. The van der Waals surface area contributed by atoms with E-state index in [-0.39, 0.29) is 0 Å². The van der Waals surface area contributed by atoms with Crippen LogP contribution in [0, 0.1) is 0 Å². The van der Waals surface area contributed by atoms with Crippen molar-refractivity contribution in [2.75, 3.05) is 6.54 Å². The highest BCUT2D eigenvalue weighted by molar-refractivity contribution is 5.13. The zero-order chi connectivity index (χ0) is 12.3. The number of nitrogens with zero attached hydrogens (tertiary/aromatic N) is 1. The molecule has 0 fully saturated rings. The maximum Gasteiger partial charge on any atom is 0.0335 e. The van der Waals surface area contributed by atoms with E-state index in [1.165, 1.54) is 31.2 Å². The van der Waals surface area contributed by atoms with E-state index >= 15 is 0 Å². The Morgan fingerprint density at radius 3 is 2.94 bits per heavy atom. The minimum Gasteiger partial charge on any atom is -0.310 e. The second-order valence-corrected chi connectivity index (χ2v) is 4.32. The Morgan fingerprint density at radius 1 is 1.41 bits per heavy atom. The lowest BCUT2D eigenvalue weighted by atomic mass is 10.0. The molecular weight excluding hydrogens is 208 g/mol. The summed E-state index contributed by atoms with van der Waals surface area (Å²) >= 11 is 0. The van der Waals surface area contributed by atoms with Crippen LogP contribution in [-0.4, -0.2) is 11.5 Å². The van der Waals surface area contributed by atoms with Gasteiger partial charge in [-0.25, -0.2) is 0 Å². The molecule has 0 spiro atoms. The maximum absolute atomic E-state index is 4.19. The third-order valence-electron chi connectivity index (χ3n) is 2.94. The van der Waals surface area contributed by atoms with Crippen LogP contribution in [-0.2, 0) is 0 Å². The van der Waals surface area contributed by atoms with E-state index < -0.39 is 0 Å². The Bertz CT molecular complexity index is 295. The summed E-state index contributed by atoms with van der Waals surface area (Å²) in [5.74, 6) is 0. The summed E-state index contributed by atoms with van der Waals surface area (Å²) in [4.78, 5) is 4.19. The van der Waals surface area contributed by atoms with Crippen LogP contribution in [0.5, 0.6) is 0 Å². The minimum absolute atomic E-state index is 0.456. The van der Waals surface area contributed by atoms with Crippen LogP contribution in [0.15, 0.2) is 37.2 Å². The zero-order valence-corrected chi connectivity index (χ0v) is 10.9. The normalized spacial score (nSPS) is 12.3. The summed E-state index contributed by atoms with van der Waals surface area (Å²) < 4.78 is 0. The second kappa shape index (κ2) is 8.94. The van der Waals surface area contributed by atoms with Crippen molar-refractivity contribution in [3.8, 4) is 0 Å². The van der Waals surface area contributed by atoms with Gasteiger partial charge in [-0.3, -0.25) is 4.98 Å². The van der Waals surface area contributed by atoms with Crippen molar-refractivity contribution < 1.29 is 0 Å². The molecule has 0 aliphatic rings. The summed E-state index contributed by atoms with van der Waals surface area (Å²) in [5, 5.41) is 3.53. The SMILES string of the molecule is C=CCCCCCC(NCC)c1cccnc1. The summed E-state index contributed by atoms with van der Waals surface area (Å²) in [5.41, 5.74) is 1.30. The molecule has 1 heterocycles. The van der Waals surface area contributed by atoms with Crippen molar-refractivity contribution in [1.82, 2.24) is 10.3 Å². The van der Waals surface area contributed by atoms with Gasteiger partial charge in [0.15, 0.2) is 0 Å². The zero-order valence-electron chi connectivity index (χ0n) is 10.9. The fourth-order valence-electron chi connectivity index (χ4n) is 2.03. The number of aromatic nitrogens is 1. The average Bonchev–Trinajstić information content (AvgIpc) is 2.38. The minimum atomic E-state index is 0.456. The van der Waals surface area contributed by atoms with E-state index in [2.05, 4.69) is 29.9 Å². The predicted octanol–water partition coefficient (Wildman–Crippen LogP) is 3.87. The molecule has 0 saturated carbocycles. The summed E-state index contributed by atoms with van der Waals surface area (Å²) in [7, 11) is 0. The van der Waals surface area contributed by atoms with E-state index in [4.69, 9.17) is 0 Å². The van der Waals surface area contributed by atoms with Gasteiger partial charge in [0, 0.05) is 18.4 Å². The third kappa shape index (κ3) is 5.64. The van der Waals surface area contributed by atoms with Gasteiger partial charge in [0.2, 0.25) is 0 Å². The molecule has 0 radical (unpaired) electrons. The van der Waals surface area contributed by atoms with Crippen molar-refractivity contribution in [3.63, 3.8) is 0 Å². The first-order valence-electron chi connectivity index (χ1n) is 6.62. The van der Waals surface area contributed by atoms with Crippen LogP contribution in [0.25, 0.3) is 0 Å². The molecule has 1 aromatic heterocycles. The van der Waals surface area contributed by atoms with Gasteiger partial charge in [-0.2, -0.15) is 0 Å². The van der Waals surface area contributed by atoms with Crippen molar-refractivity contribution in [2.45, 2.75) is 45.1 Å². The van der Waals surface area contributed by atoms with Gasteiger partial charge in [-0.05, 0) is 37.4 Å². The van der Waals surface area contributed by atoms with Crippen LogP contribution in [0.3, 0.4) is 0 Å². The van der Waals surface area contributed by atoms with Gasteiger partial charge in [-0.1, -0.05) is 31.9 Å². The van der Waals surface area contributed by atoms with Gasteiger partial charge in [-0.15, -0.1) is 6.58 Å². The van der Waals surface area contributed by atoms with Gasteiger partial charge < -0.3 is 5.32 Å². The molecule has 0 bridgehead atoms. The standard InChI is InChI=1S/C15H24N2/c1-3-5-6-7-8-11-15(17-4-2)14-10-9-12-16-13-14/h3,9-10,12-13,15,17H,1,4-8,11H2,2H3. The fraction of sp³-hybridized carbons (Fsp3) is 0.533. The molecule has 17 heavy (non-hydrogen) atoms. The topological polar surface area (TPSA) is 24.9 Å². The van der Waals surface area contributed by atoms with Crippen LogP contribution in [0.4, 0.5) is 0 Å². The van der Waals surface area contributed by atoms with Crippen LogP contribution >= 0.6 is 0 Å². The molecule has 2 nitrogen and oxygen atoms in total. The first-order valence-corrected chi connectivity index (χ1v) is 6.62. The first-order chi connectivity index (χ1) is 8.38. The lowest BCUT2D eigenvalue weighted by Crippen LogP contribution is -2.20. The van der Waals surface area contributed by atoms with Gasteiger partial charge in [0.25, 0.3) is 0 Å². The number of nitrogens with one attached hydrogen (secondary N) is 1. The smallest absolute Gasteiger partial charge is 0.0335 e. The van der Waals surface area contributed by atoms with E-state index in [1.54, 1.807) is 0 Å². The van der Waals surface area contributed by atoms with E-state index in [0.717, 1.165) is 13.0 Å². The largest absolute Gasteiger partial charge is 0.310 e. The lowest BCUT2D eigenvalue weighted by Gasteiger charge is -2.17. The second-order valence-electron chi connectivity index (χ2n) is 4.32. The number of hydrogen-bond acceptors (Lipinski definition) is 2. The van der Waals surface area contributed by atoms with Crippen LogP contribution in [0.1, 0.15) is 50.6 Å². The van der Waals surface area contributed by atoms with Crippen molar-refractivity contribution in [3.05, 3.63) is 42.7 Å². The molecule has 1 rings (SSSR count). The number of hydrogen-bond donors (Lipinski definition) is 1.